The Bertz CT molecular complexity index is 361. The second-order valence-electron chi connectivity index (χ2n) is 4.55. The molecule has 0 aromatic carbocycles. The van der Waals surface area contributed by atoms with Crippen molar-refractivity contribution in [2.75, 3.05) is 11.9 Å². The van der Waals surface area contributed by atoms with Crippen molar-refractivity contribution in [2.45, 2.75) is 40.0 Å². The number of ketones is 1. The van der Waals surface area contributed by atoms with Gasteiger partial charge in [-0.3, -0.25) is 4.79 Å². The molecule has 0 spiro atoms. The van der Waals surface area contributed by atoms with Crippen LogP contribution < -0.4 is 5.32 Å². The molecule has 17 heavy (non-hydrogen) atoms. The highest BCUT2D eigenvalue weighted by Gasteiger charge is 2.14. The largest absolute Gasteiger partial charge is 0.369 e. The second-order valence-corrected chi connectivity index (χ2v) is 4.55. The SMILES string of the molecule is CCCCCNc1ncccc1C(=O)C(C)C. The van der Waals surface area contributed by atoms with Crippen molar-refractivity contribution < 1.29 is 4.79 Å². The van der Waals surface area contributed by atoms with E-state index in [1.807, 2.05) is 26.0 Å². The minimum absolute atomic E-state index is 0.00962. The van der Waals surface area contributed by atoms with Gasteiger partial charge in [-0.05, 0) is 18.6 Å². The van der Waals surface area contributed by atoms with Gasteiger partial charge in [0.2, 0.25) is 0 Å². The molecule has 1 rings (SSSR count). The minimum atomic E-state index is 0.00962. The fourth-order valence-electron chi connectivity index (χ4n) is 1.64. The lowest BCUT2D eigenvalue weighted by molar-refractivity contribution is 0.0940. The van der Waals surface area contributed by atoms with Gasteiger partial charge in [0.25, 0.3) is 0 Å². The van der Waals surface area contributed by atoms with Crippen molar-refractivity contribution in [3.63, 3.8) is 0 Å². The summed E-state index contributed by atoms with van der Waals surface area (Å²) in [5, 5.41) is 3.25. The van der Waals surface area contributed by atoms with Crippen LogP contribution in [0, 0.1) is 5.92 Å². The smallest absolute Gasteiger partial charge is 0.169 e. The van der Waals surface area contributed by atoms with Gasteiger partial charge in [-0.1, -0.05) is 33.6 Å². The summed E-state index contributed by atoms with van der Waals surface area (Å²) in [4.78, 5) is 16.2. The zero-order chi connectivity index (χ0) is 12.7. The zero-order valence-electron chi connectivity index (χ0n) is 11.0. The van der Waals surface area contributed by atoms with E-state index in [9.17, 15) is 4.79 Å². The van der Waals surface area contributed by atoms with Crippen LogP contribution in [0.4, 0.5) is 5.82 Å². The Morgan fingerprint density at radius 3 is 2.82 bits per heavy atom. The van der Waals surface area contributed by atoms with E-state index in [0.717, 1.165) is 18.8 Å². The summed E-state index contributed by atoms with van der Waals surface area (Å²) < 4.78 is 0. The number of aromatic nitrogens is 1. The minimum Gasteiger partial charge on any atom is -0.369 e. The predicted octanol–water partition coefficient (Wildman–Crippen LogP) is 3.52. The third-order valence-electron chi connectivity index (χ3n) is 2.67. The summed E-state index contributed by atoms with van der Waals surface area (Å²) in [7, 11) is 0. The van der Waals surface area contributed by atoms with Crippen LogP contribution in [0.5, 0.6) is 0 Å². The number of carbonyl (C=O) groups excluding carboxylic acids is 1. The van der Waals surface area contributed by atoms with Gasteiger partial charge in [0.1, 0.15) is 5.82 Å². The van der Waals surface area contributed by atoms with E-state index >= 15 is 0 Å². The Balaban J connectivity index is 2.68. The molecule has 94 valence electrons. The summed E-state index contributed by atoms with van der Waals surface area (Å²) in [6, 6.07) is 3.66. The summed E-state index contributed by atoms with van der Waals surface area (Å²) in [5.74, 6) is 0.883. The van der Waals surface area contributed by atoms with Crippen molar-refractivity contribution in [2.24, 2.45) is 5.92 Å². The summed E-state index contributed by atoms with van der Waals surface area (Å²) in [6.45, 7) is 6.88. The van der Waals surface area contributed by atoms with Crippen LogP contribution in [0.2, 0.25) is 0 Å². The Hall–Kier alpha value is -1.38. The van der Waals surface area contributed by atoms with Gasteiger partial charge < -0.3 is 5.32 Å². The number of hydrogen-bond donors (Lipinski definition) is 1. The Kier molecular flexibility index (Phi) is 5.67. The number of unbranched alkanes of at least 4 members (excludes halogenated alkanes) is 2. The molecule has 0 aliphatic heterocycles. The Morgan fingerprint density at radius 2 is 2.18 bits per heavy atom. The molecular weight excluding hydrogens is 212 g/mol. The van der Waals surface area contributed by atoms with Crippen LogP contribution in [0.3, 0.4) is 0 Å². The first-order valence-corrected chi connectivity index (χ1v) is 6.40. The third kappa shape index (κ3) is 4.17. The Morgan fingerprint density at radius 1 is 1.41 bits per heavy atom. The first-order chi connectivity index (χ1) is 8.16. The lowest BCUT2D eigenvalue weighted by Crippen LogP contribution is -2.13. The average molecular weight is 234 g/mol. The summed E-state index contributed by atoms with van der Waals surface area (Å²) in [5.41, 5.74) is 0.707. The van der Waals surface area contributed by atoms with Crippen molar-refractivity contribution in [1.82, 2.24) is 4.98 Å². The van der Waals surface area contributed by atoms with Crippen molar-refractivity contribution in [1.29, 1.82) is 0 Å². The van der Waals surface area contributed by atoms with E-state index in [2.05, 4.69) is 17.2 Å². The highest BCUT2D eigenvalue weighted by Crippen LogP contribution is 2.16. The predicted molar refractivity (Wildman–Crippen MR) is 71.4 cm³/mol. The molecule has 0 fully saturated rings. The molecular formula is C14H22N2O. The fourth-order valence-corrected chi connectivity index (χ4v) is 1.64. The average Bonchev–Trinajstić information content (AvgIpc) is 2.34. The zero-order valence-corrected chi connectivity index (χ0v) is 11.0. The topological polar surface area (TPSA) is 42.0 Å². The first-order valence-electron chi connectivity index (χ1n) is 6.40. The molecule has 0 atom stereocenters. The lowest BCUT2D eigenvalue weighted by atomic mass is 10.0. The van der Waals surface area contributed by atoms with Crippen LogP contribution in [0.25, 0.3) is 0 Å². The van der Waals surface area contributed by atoms with Crippen molar-refractivity contribution >= 4 is 11.6 Å². The number of pyridine rings is 1. The van der Waals surface area contributed by atoms with Crippen molar-refractivity contribution in [3.05, 3.63) is 23.9 Å². The van der Waals surface area contributed by atoms with Crippen LogP contribution in [-0.2, 0) is 0 Å². The first kappa shape index (κ1) is 13.7. The van der Waals surface area contributed by atoms with Crippen LogP contribution in [-0.4, -0.2) is 17.3 Å². The third-order valence-corrected chi connectivity index (χ3v) is 2.67. The molecule has 0 unspecified atom stereocenters. The van der Waals surface area contributed by atoms with Crippen LogP contribution in [0.15, 0.2) is 18.3 Å². The van der Waals surface area contributed by atoms with Gasteiger partial charge >= 0.3 is 0 Å². The number of carbonyl (C=O) groups is 1. The molecule has 3 nitrogen and oxygen atoms in total. The molecule has 0 saturated carbocycles. The van der Waals surface area contributed by atoms with E-state index in [1.165, 1.54) is 12.8 Å². The quantitative estimate of drug-likeness (QED) is 0.579. The molecule has 1 aromatic heterocycles. The van der Waals surface area contributed by atoms with Gasteiger partial charge in [0.15, 0.2) is 5.78 Å². The molecule has 0 bridgehead atoms. The van der Waals surface area contributed by atoms with E-state index in [0.29, 0.717) is 5.56 Å². The molecule has 1 N–H and O–H groups in total. The second kappa shape index (κ2) is 7.05. The van der Waals surface area contributed by atoms with Gasteiger partial charge in [-0.2, -0.15) is 0 Å². The number of hydrogen-bond acceptors (Lipinski definition) is 3. The maximum atomic E-state index is 12.0. The lowest BCUT2D eigenvalue weighted by Gasteiger charge is -2.11. The van der Waals surface area contributed by atoms with E-state index in [1.54, 1.807) is 6.20 Å². The standard InChI is InChI=1S/C14H22N2O/c1-4-5-6-9-15-14-12(8-7-10-16-14)13(17)11(2)3/h7-8,10-11H,4-6,9H2,1-3H3,(H,15,16). The van der Waals surface area contributed by atoms with Gasteiger partial charge in [0, 0.05) is 18.7 Å². The summed E-state index contributed by atoms with van der Waals surface area (Å²) >= 11 is 0. The van der Waals surface area contributed by atoms with Gasteiger partial charge in [-0.15, -0.1) is 0 Å². The highest BCUT2D eigenvalue weighted by molar-refractivity contribution is 6.01. The highest BCUT2D eigenvalue weighted by atomic mass is 16.1. The molecule has 3 heteroatoms. The Labute approximate surface area is 104 Å². The van der Waals surface area contributed by atoms with Gasteiger partial charge in [0.05, 0.1) is 5.56 Å². The molecule has 0 aliphatic rings. The molecule has 0 amide bonds. The maximum Gasteiger partial charge on any atom is 0.169 e. The van der Waals surface area contributed by atoms with Gasteiger partial charge in [-0.25, -0.2) is 4.98 Å². The van der Waals surface area contributed by atoms with E-state index < -0.39 is 0 Å². The van der Waals surface area contributed by atoms with Crippen LogP contribution >= 0.6 is 0 Å². The number of nitrogens with one attached hydrogen (secondary N) is 1. The molecule has 0 radical (unpaired) electrons. The molecule has 0 saturated heterocycles. The fraction of sp³-hybridized carbons (Fsp3) is 0.571. The number of anilines is 1. The molecule has 1 aromatic rings. The monoisotopic (exact) mass is 234 g/mol. The molecule has 1 heterocycles. The molecule has 0 aliphatic carbocycles. The number of nitrogens with zero attached hydrogens (tertiary/aromatic N) is 1. The van der Waals surface area contributed by atoms with E-state index in [4.69, 9.17) is 0 Å². The summed E-state index contributed by atoms with van der Waals surface area (Å²) in [6.07, 6.45) is 5.23. The number of Topliss-reactive ketones (excluding diaryl/α,β-unsaturated/α-hetero) is 1. The van der Waals surface area contributed by atoms with Crippen LogP contribution in [0.1, 0.15) is 50.4 Å². The number of rotatable bonds is 7. The normalized spacial score (nSPS) is 10.6. The van der Waals surface area contributed by atoms with Crippen molar-refractivity contribution in [3.8, 4) is 0 Å². The van der Waals surface area contributed by atoms with E-state index in [-0.39, 0.29) is 11.7 Å². The maximum absolute atomic E-state index is 12.0.